The van der Waals surface area contributed by atoms with E-state index in [0.29, 0.717) is 17.7 Å². The van der Waals surface area contributed by atoms with Crippen LogP contribution in [0.15, 0.2) is 18.2 Å². The van der Waals surface area contributed by atoms with Crippen LogP contribution in [-0.2, 0) is 14.3 Å². The maximum absolute atomic E-state index is 13.1. The molecule has 3 amide bonds. The van der Waals surface area contributed by atoms with E-state index in [1.807, 2.05) is 0 Å². The molecule has 1 aliphatic rings. The van der Waals surface area contributed by atoms with Crippen LogP contribution in [0.25, 0.3) is 11.0 Å². The van der Waals surface area contributed by atoms with Crippen LogP contribution in [0.3, 0.4) is 0 Å². The van der Waals surface area contributed by atoms with Crippen molar-refractivity contribution in [1.82, 2.24) is 19.8 Å². The number of piperidine rings is 1. The third-order valence-electron chi connectivity index (χ3n) is 5.40. The number of imidazole rings is 1. The Morgan fingerprint density at radius 2 is 1.75 bits per heavy atom. The first-order valence-electron chi connectivity index (χ1n) is 11.4. The molecule has 1 aliphatic heterocycles. The fourth-order valence-corrected chi connectivity index (χ4v) is 3.83. The molecule has 2 heterocycles. The van der Waals surface area contributed by atoms with E-state index in [1.165, 1.54) is 18.2 Å². The predicted molar refractivity (Wildman–Crippen MR) is 127 cm³/mol. The van der Waals surface area contributed by atoms with E-state index in [2.05, 4.69) is 15.6 Å². The molecular weight excluding hydrogens is 474 g/mol. The van der Waals surface area contributed by atoms with Crippen molar-refractivity contribution in [2.24, 2.45) is 0 Å². The predicted octanol–water partition coefficient (Wildman–Crippen LogP) is 2.49. The second-order valence-corrected chi connectivity index (χ2v) is 9.40. The van der Waals surface area contributed by atoms with Gasteiger partial charge in [-0.2, -0.15) is 0 Å². The number of hydrogen-bond donors (Lipinski definition) is 4. The number of aromatic carboxylic acids is 1. The zero-order valence-corrected chi connectivity index (χ0v) is 20.2. The van der Waals surface area contributed by atoms with Gasteiger partial charge >= 0.3 is 18.2 Å². The molecule has 1 fully saturated rings. The Balaban J connectivity index is 1.82. The van der Waals surface area contributed by atoms with Gasteiger partial charge in [0.2, 0.25) is 17.6 Å². The quantitative estimate of drug-likeness (QED) is 0.460. The molecular formula is C23H29N5O8. The number of carboxylic acids is 1. The number of nitrogens with zero attached hydrogens (tertiary/aromatic N) is 3. The maximum atomic E-state index is 13.1. The number of amides is 3. The number of fused-ring (bicyclic) bond motifs is 1. The van der Waals surface area contributed by atoms with Crippen molar-refractivity contribution < 1.29 is 38.9 Å². The lowest BCUT2D eigenvalue weighted by atomic mass is 10.1. The average Bonchev–Trinajstić information content (AvgIpc) is 3.17. The van der Waals surface area contributed by atoms with Crippen molar-refractivity contribution in [1.29, 1.82) is 0 Å². The monoisotopic (exact) mass is 503 g/mol. The first-order valence-corrected chi connectivity index (χ1v) is 11.4. The normalized spacial score (nSPS) is 14.7. The topological polar surface area (TPSA) is 180 Å². The molecule has 0 radical (unpaired) electrons. The number of carbonyl (C=O) groups is 5. The summed E-state index contributed by atoms with van der Waals surface area (Å²) < 4.78 is 5.76. The summed E-state index contributed by atoms with van der Waals surface area (Å²) in [5.74, 6) is -3.22. The number of aromatic nitrogens is 2. The molecule has 1 aromatic heterocycles. The fourth-order valence-electron chi connectivity index (χ4n) is 3.83. The number of likely N-dealkylation sites (tertiary alicyclic amines) is 1. The molecule has 0 spiro atoms. The van der Waals surface area contributed by atoms with Gasteiger partial charge in [-0.3, -0.25) is 9.59 Å². The van der Waals surface area contributed by atoms with Gasteiger partial charge < -0.3 is 30.5 Å². The largest absolute Gasteiger partial charge is 0.475 e. The summed E-state index contributed by atoms with van der Waals surface area (Å²) in [5.41, 5.74) is -0.617. The number of carboxylic acid groups (broad SMARTS) is 2. The molecule has 36 heavy (non-hydrogen) atoms. The number of benzene rings is 1. The van der Waals surface area contributed by atoms with E-state index in [1.54, 1.807) is 25.7 Å². The third-order valence-corrected chi connectivity index (χ3v) is 5.40. The first kappa shape index (κ1) is 26.4. The Labute approximate surface area is 206 Å². The van der Waals surface area contributed by atoms with Crippen LogP contribution in [0.5, 0.6) is 0 Å². The van der Waals surface area contributed by atoms with Crippen LogP contribution < -0.4 is 10.6 Å². The summed E-state index contributed by atoms with van der Waals surface area (Å²) in [4.78, 5) is 66.6. The lowest BCUT2D eigenvalue weighted by Gasteiger charge is -2.29. The van der Waals surface area contributed by atoms with Gasteiger partial charge in [-0.25, -0.2) is 23.9 Å². The highest BCUT2D eigenvalue weighted by molar-refractivity contribution is 6.02. The van der Waals surface area contributed by atoms with Gasteiger partial charge in [0.25, 0.3) is 0 Å². The van der Waals surface area contributed by atoms with E-state index in [9.17, 15) is 34.2 Å². The zero-order valence-electron chi connectivity index (χ0n) is 20.2. The molecule has 0 bridgehead atoms. The molecule has 0 saturated carbocycles. The highest BCUT2D eigenvalue weighted by Crippen LogP contribution is 2.21. The summed E-state index contributed by atoms with van der Waals surface area (Å²) in [7, 11) is 0. The number of anilines is 1. The highest BCUT2D eigenvalue weighted by atomic mass is 16.6. The van der Waals surface area contributed by atoms with Crippen LogP contribution in [-0.4, -0.2) is 79.4 Å². The van der Waals surface area contributed by atoms with Crippen LogP contribution >= 0.6 is 0 Å². The first-order chi connectivity index (χ1) is 16.9. The third kappa shape index (κ3) is 6.49. The number of carbonyl (C=O) groups excluding carboxylic acids is 3. The van der Waals surface area contributed by atoms with Gasteiger partial charge in [-0.1, -0.05) is 0 Å². The van der Waals surface area contributed by atoms with Crippen molar-refractivity contribution in [3.05, 3.63) is 24.0 Å². The minimum absolute atomic E-state index is 0.0154. The number of alkyl carbamates (subject to hydrolysis) is 1. The lowest BCUT2D eigenvalue weighted by molar-refractivity contribution is -0.134. The van der Waals surface area contributed by atoms with Crippen molar-refractivity contribution in [3.63, 3.8) is 0 Å². The van der Waals surface area contributed by atoms with Crippen LogP contribution in [0.2, 0.25) is 0 Å². The Bertz CT molecular complexity index is 1190. The van der Waals surface area contributed by atoms with Crippen molar-refractivity contribution >= 4 is 46.7 Å². The smallest absolute Gasteiger partial charge is 0.417 e. The molecule has 13 nitrogen and oxygen atoms in total. The SMILES string of the molecule is CC(C)(C)OC(=O)N[C@@H](CC(=O)N1CCCCC1)C(=O)Nc1ccc2c(c1)nc(C(=O)O)n2C(=O)O. The molecule has 13 heteroatoms. The Morgan fingerprint density at radius 3 is 2.33 bits per heavy atom. The summed E-state index contributed by atoms with van der Waals surface area (Å²) in [6.45, 7) is 6.15. The molecule has 0 unspecified atom stereocenters. The van der Waals surface area contributed by atoms with E-state index < -0.39 is 41.5 Å². The molecule has 0 aliphatic carbocycles. The van der Waals surface area contributed by atoms with Crippen molar-refractivity contribution in [3.8, 4) is 0 Å². The summed E-state index contributed by atoms with van der Waals surface area (Å²) in [6.07, 6.45) is 0.0743. The minimum atomic E-state index is -1.53. The summed E-state index contributed by atoms with van der Waals surface area (Å²) in [6, 6.07) is 2.71. The standard InChI is InChI=1S/C23H29N5O8/c1-23(2,3)36-21(33)26-15(12-17(29)27-9-5-4-6-10-27)19(30)24-13-7-8-16-14(11-13)25-18(20(31)32)28(16)22(34)35/h7-8,11,15H,4-6,9-10,12H2,1-3H3,(H,24,30)(H,26,33)(H,31,32)(H,34,35)/t15-/m0/s1. The molecule has 1 saturated heterocycles. The van der Waals surface area contributed by atoms with Crippen molar-refractivity contribution in [2.45, 2.75) is 58.1 Å². The maximum Gasteiger partial charge on any atom is 0.417 e. The molecule has 3 rings (SSSR count). The Kier molecular flexibility index (Phi) is 7.80. The van der Waals surface area contributed by atoms with E-state index in [-0.39, 0.29) is 29.0 Å². The summed E-state index contributed by atoms with van der Waals surface area (Å²) in [5, 5.41) is 23.6. The Morgan fingerprint density at radius 1 is 1.08 bits per heavy atom. The van der Waals surface area contributed by atoms with Crippen molar-refractivity contribution in [2.75, 3.05) is 18.4 Å². The van der Waals surface area contributed by atoms with E-state index >= 15 is 0 Å². The lowest BCUT2D eigenvalue weighted by Crippen LogP contribution is -2.49. The number of ether oxygens (including phenoxy) is 1. The van der Waals surface area contributed by atoms with E-state index in [0.717, 1.165) is 19.3 Å². The average molecular weight is 504 g/mol. The fraction of sp³-hybridized carbons (Fsp3) is 0.478. The summed E-state index contributed by atoms with van der Waals surface area (Å²) >= 11 is 0. The number of hydrogen-bond acceptors (Lipinski definition) is 7. The second kappa shape index (κ2) is 10.6. The molecule has 1 atom stereocenters. The van der Waals surface area contributed by atoms with Gasteiger partial charge in [-0.15, -0.1) is 0 Å². The molecule has 1 aromatic carbocycles. The second-order valence-electron chi connectivity index (χ2n) is 9.40. The van der Waals surface area contributed by atoms with Crippen LogP contribution in [0.1, 0.15) is 57.1 Å². The van der Waals surface area contributed by atoms with Gasteiger partial charge in [-0.05, 0) is 58.2 Å². The Hall–Kier alpha value is -4.16. The number of rotatable bonds is 6. The van der Waals surface area contributed by atoms with Crippen LogP contribution in [0.4, 0.5) is 15.3 Å². The zero-order chi connectivity index (χ0) is 26.6. The van der Waals surface area contributed by atoms with Gasteiger partial charge in [0.1, 0.15) is 11.6 Å². The van der Waals surface area contributed by atoms with Gasteiger partial charge in [0, 0.05) is 18.8 Å². The molecule has 2 aromatic rings. The van der Waals surface area contributed by atoms with Gasteiger partial charge in [0.05, 0.1) is 17.5 Å². The van der Waals surface area contributed by atoms with Gasteiger partial charge in [0.15, 0.2) is 0 Å². The number of nitrogens with one attached hydrogen (secondary N) is 2. The van der Waals surface area contributed by atoms with Crippen LogP contribution in [0, 0.1) is 0 Å². The minimum Gasteiger partial charge on any atom is -0.475 e. The highest BCUT2D eigenvalue weighted by Gasteiger charge is 2.29. The molecule has 194 valence electrons. The molecule has 4 N–H and O–H groups in total. The van der Waals surface area contributed by atoms with E-state index in [4.69, 9.17) is 4.74 Å².